The standard InChI is InChI=1S/C14H25N3O2S2/c1-12(11-17-7-3-4-8-17)9-16-21(18,19)14-6-5-13(20-14)10-15-2/h5-6,12,15-16H,3-4,7-11H2,1-2H3. The number of nitrogens with zero attached hydrogens (tertiary/aromatic N) is 1. The van der Waals surface area contributed by atoms with Gasteiger partial charge in [-0.05, 0) is 51.0 Å². The third kappa shape index (κ3) is 5.03. The van der Waals surface area contributed by atoms with Crippen LogP contribution in [-0.2, 0) is 16.6 Å². The molecule has 21 heavy (non-hydrogen) atoms. The molecule has 1 aliphatic heterocycles. The molecule has 0 saturated carbocycles. The first kappa shape index (κ1) is 16.9. The predicted octanol–water partition coefficient (Wildman–Crippen LogP) is 1.48. The van der Waals surface area contributed by atoms with Gasteiger partial charge >= 0.3 is 0 Å². The Balaban J connectivity index is 1.84. The predicted molar refractivity (Wildman–Crippen MR) is 87.1 cm³/mol. The maximum absolute atomic E-state index is 12.3. The van der Waals surface area contributed by atoms with E-state index < -0.39 is 10.0 Å². The van der Waals surface area contributed by atoms with Gasteiger partial charge in [-0.15, -0.1) is 11.3 Å². The number of likely N-dealkylation sites (tertiary alicyclic amines) is 1. The molecule has 1 aliphatic rings. The van der Waals surface area contributed by atoms with Gasteiger partial charge in [0, 0.05) is 24.5 Å². The summed E-state index contributed by atoms with van der Waals surface area (Å²) in [6.07, 6.45) is 2.53. The van der Waals surface area contributed by atoms with Gasteiger partial charge in [0.05, 0.1) is 0 Å². The number of sulfonamides is 1. The molecule has 1 unspecified atom stereocenters. The van der Waals surface area contributed by atoms with Crippen molar-refractivity contribution in [3.63, 3.8) is 0 Å². The molecule has 1 saturated heterocycles. The average molecular weight is 332 g/mol. The van der Waals surface area contributed by atoms with Crippen molar-refractivity contribution >= 4 is 21.4 Å². The average Bonchev–Trinajstić information content (AvgIpc) is 3.09. The highest BCUT2D eigenvalue weighted by Crippen LogP contribution is 2.21. The molecule has 1 aromatic rings. The Labute approximate surface area is 131 Å². The van der Waals surface area contributed by atoms with Gasteiger partial charge in [-0.25, -0.2) is 13.1 Å². The Bertz CT molecular complexity index is 536. The SMILES string of the molecule is CNCc1ccc(S(=O)(=O)NCC(C)CN2CCCC2)s1. The first-order chi connectivity index (χ1) is 10.0. The largest absolute Gasteiger partial charge is 0.315 e. The monoisotopic (exact) mass is 331 g/mol. The molecular weight excluding hydrogens is 306 g/mol. The second kappa shape index (κ2) is 7.69. The number of hydrogen-bond donors (Lipinski definition) is 2. The van der Waals surface area contributed by atoms with E-state index in [0.717, 1.165) is 24.5 Å². The van der Waals surface area contributed by atoms with Crippen molar-refractivity contribution in [2.75, 3.05) is 33.2 Å². The van der Waals surface area contributed by atoms with Crippen LogP contribution in [-0.4, -0.2) is 46.5 Å². The number of hydrogen-bond acceptors (Lipinski definition) is 5. The fourth-order valence-electron chi connectivity index (χ4n) is 2.57. The topological polar surface area (TPSA) is 61.4 Å². The third-order valence-corrected chi connectivity index (χ3v) is 6.64. The quantitative estimate of drug-likeness (QED) is 0.757. The minimum Gasteiger partial charge on any atom is -0.315 e. The van der Waals surface area contributed by atoms with E-state index in [1.807, 2.05) is 13.1 Å². The fraction of sp³-hybridized carbons (Fsp3) is 0.714. The summed E-state index contributed by atoms with van der Waals surface area (Å²) in [7, 11) is -1.51. The lowest BCUT2D eigenvalue weighted by atomic mass is 10.2. The van der Waals surface area contributed by atoms with Crippen LogP contribution in [0.2, 0.25) is 0 Å². The number of thiophene rings is 1. The molecule has 0 spiro atoms. The Kier molecular flexibility index (Phi) is 6.19. The molecule has 0 radical (unpaired) electrons. The summed E-state index contributed by atoms with van der Waals surface area (Å²) in [5, 5.41) is 3.03. The number of rotatable bonds is 8. The van der Waals surface area contributed by atoms with Crippen LogP contribution in [0.4, 0.5) is 0 Å². The first-order valence-electron chi connectivity index (χ1n) is 7.46. The molecule has 1 fully saturated rings. The van der Waals surface area contributed by atoms with Crippen LogP contribution in [0, 0.1) is 5.92 Å². The van der Waals surface area contributed by atoms with Crippen molar-refractivity contribution in [2.45, 2.75) is 30.5 Å². The van der Waals surface area contributed by atoms with Gasteiger partial charge in [-0.1, -0.05) is 6.92 Å². The summed E-state index contributed by atoms with van der Waals surface area (Å²) in [6.45, 7) is 6.56. The van der Waals surface area contributed by atoms with Crippen LogP contribution >= 0.6 is 11.3 Å². The Morgan fingerprint density at radius 2 is 2.05 bits per heavy atom. The fourth-order valence-corrected chi connectivity index (χ4v) is 5.14. The van der Waals surface area contributed by atoms with Crippen LogP contribution in [0.25, 0.3) is 0 Å². The molecule has 0 amide bonds. The molecule has 1 atom stereocenters. The molecule has 2 N–H and O–H groups in total. The normalized spacial score (nSPS) is 18.2. The number of nitrogens with one attached hydrogen (secondary N) is 2. The zero-order valence-corrected chi connectivity index (χ0v) is 14.4. The van der Waals surface area contributed by atoms with Crippen molar-refractivity contribution in [3.05, 3.63) is 17.0 Å². The minimum absolute atomic E-state index is 0.328. The van der Waals surface area contributed by atoms with Gasteiger partial charge in [-0.3, -0.25) is 0 Å². The maximum Gasteiger partial charge on any atom is 0.250 e. The van der Waals surface area contributed by atoms with E-state index in [1.165, 1.54) is 24.2 Å². The Morgan fingerprint density at radius 3 is 2.71 bits per heavy atom. The van der Waals surface area contributed by atoms with E-state index in [1.54, 1.807) is 6.07 Å². The van der Waals surface area contributed by atoms with Crippen LogP contribution < -0.4 is 10.0 Å². The molecule has 2 heterocycles. The van der Waals surface area contributed by atoms with Gasteiger partial charge in [0.15, 0.2) is 0 Å². The second-order valence-corrected chi connectivity index (χ2v) is 8.88. The van der Waals surface area contributed by atoms with Crippen molar-refractivity contribution in [3.8, 4) is 0 Å². The van der Waals surface area contributed by atoms with Crippen LogP contribution in [0.3, 0.4) is 0 Å². The van der Waals surface area contributed by atoms with Crippen molar-refractivity contribution < 1.29 is 8.42 Å². The zero-order valence-electron chi connectivity index (χ0n) is 12.8. The van der Waals surface area contributed by atoms with Crippen LogP contribution in [0.15, 0.2) is 16.3 Å². The summed E-state index contributed by atoms with van der Waals surface area (Å²) in [6, 6.07) is 3.55. The zero-order chi connectivity index (χ0) is 15.3. The highest BCUT2D eigenvalue weighted by molar-refractivity contribution is 7.91. The smallest absolute Gasteiger partial charge is 0.250 e. The van der Waals surface area contributed by atoms with Crippen molar-refractivity contribution in [2.24, 2.45) is 5.92 Å². The molecule has 0 aliphatic carbocycles. The summed E-state index contributed by atoms with van der Waals surface area (Å²) in [5.41, 5.74) is 0. The summed E-state index contributed by atoms with van der Waals surface area (Å²) < 4.78 is 27.7. The van der Waals surface area contributed by atoms with E-state index in [-0.39, 0.29) is 0 Å². The molecular formula is C14H25N3O2S2. The van der Waals surface area contributed by atoms with Gasteiger partial charge in [-0.2, -0.15) is 0 Å². The van der Waals surface area contributed by atoms with Gasteiger partial charge < -0.3 is 10.2 Å². The van der Waals surface area contributed by atoms with Crippen molar-refractivity contribution in [1.82, 2.24) is 14.9 Å². The summed E-state index contributed by atoms with van der Waals surface area (Å²) >= 11 is 1.33. The molecule has 1 aromatic heterocycles. The molecule has 5 nitrogen and oxygen atoms in total. The maximum atomic E-state index is 12.3. The Hall–Kier alpha value is -0.470. The lowest BCUT2D eigenvalue weighted by Crippen LogP contribution is -2.34. The lowest BCUT2D eigenvalue weighted by molar-refractivity contribution is 0.288. The molecule has 7 heteroatoms. The van der Waals surface area contributed by atoms with Crippen molar-refractivity contribution in [1.29, 1.82) is 0 Å². The van der Waals surface area contributed by atoms with Crippen LogP contribution in [0.1, 0.15) is 24.6 Å². The summed E-state index contributed by atoms with van der Waals surface area (Å²) in [5.74, 6) is 0.328. The van der Waals surface area contributed by atoms with Crippen LogP contribution in [0.5, 0.6) is 0 Å². The summed E-state index contributed by atoms with van der Waals surface area (Å²) in [4.78, 5) is 3.44. The second-order valence-electron chi connectivity index (χ2n) is 5.72. The molecule has 0 bridgehead atoms. The lowest BCUT2D eigenvalue weighted by Gasteiger charge is -2.20. The van der Waals surface area contributed by atoms with Gasteiger partial charge in [0.1, 0.15) is 4.21 Å². The van der Waals surface area contributed by atoms with E-state index in [0.29, 0.717) is 23.2 Å². The first-order valence-corrected chi connectivity index (χ1v) is 9.76. The van der Waals surface area contributed by atoms with E-state index >= 15 is 0 Å². The highest BCUT2D eigenvalue weighted by Gasteiger charge is 2.19. The van der Waals surface area contributed by atoms with Gasteiger partial charge in [0.2, 0.25) is 10.0 Å². The highest BCUT2D eigenvalue weighted by atomic mass is 32.2. The van der Waals surface area contributed by atoms with E-state index in [4.69, 9.17) is 0 Å². The minimum atomic E-state index is -3.36. The molecule has 120 valence electrons. The Morgan fingerprint density at radius 1 is 1.33 bits per heavy atom. The van der Waals surface area contributed by atoms with Gasteiger partial charge in [0.25, 0.3) is 0 Å². The third-order valence-electron chi connectivity index (χ3n) is 3.64. The molecule has 0 aromatic carbocycles. The van der Waals surface area contributed by atoms with E-state index in [9.17, 15) is 8.42 Å². The molecule has 2 rings (SSSR count). The van der Waals surface area contributed by atoms with E-state index in [2.05, 4.69) is 21.9 Å².